The fourth-order valence-corrected chi connectivity index (χ4v) is 1.54. The zero-order valence-electron chi connectivity index (χ0n) is 11.5. The molecular weight excluding hydrogens is 286 g/mol. The number of carbonyl (C=O) groups is 2. The maximum atomic E-state index is 12.0. The molecule has 3 N–H and O–H groups in total. The van der Waals surface area contributed by atoms with Crippen LogP contribution in [0, 0.1) is 5.92 Å². The Morgan fingerprint density at radius 2 is 1.76 bits per heavy atom. The van der Waals surface area contributed by atoms with Crippen molar-refractivity contribution in [3.05, 3.63) is 24.3 Å². The van der Waals surface area contributed by atoms with Gasteiger partial charge >= 0.3 is 18.6 Å². The summed E-state index contributed by atoms with van der Waals surface area (Å²) in [6.07, 6.45) is 0. The second-order valence-electron chi connectivity index (χ2n) is 4.56. The van der Waals surface area contributed by atoms with E-state index in [1.807, 2.05) is 0 Å². The van der Waals surface area contributed by atoms with Crippen molar-refractivity contribution < 1.29 is 28.2 Å². The van der Waals surface area contributed by atoms with Gasteiger partial charge in [0.05, 0.1) is 0 Å². The molecule has 0 spiro atoms. The number of carboxylic acid groups (broad SMARTS) is 1. The minimum absolute atomic E-state index is 0.0402. The quantitative estimate of drug-likeness (QED) is 0.753. The van der Waals surface area contributed by atoms with Gasteiger partial charge in [0.15, 0.2) is 0 Å². The Kier molecular flexibility index (Phi) is 5.89. The summed E-state index contributed by atoms with van der Waals surface area (Å²) in [6, 6.07) is 3.54. The Morgan fingerprint density at radius 3 is 2.19 bits per heavy atom. The highest BCUT2D eigenvalue weighted by molar-refractivity contribution is 5.92. The van der Waals surface area contributed by atoms with Crippen molar-refractivity contribution in [1.29, 1.82) is 0 Å². The van der Waals surface area contributed by atoms with E-state index in [9.17, 15) is 18.4 Å². The minimum Gasteiger partial charge on any atom is -0.480 e. The van der Waals surface area contributed by atoms with Crippen molar-refractivity contribution in [3.63, 3.8) is 0 Å². The number of ether oxygens (including phenoxy) is 1. The molecule has 0 aliphatic heterocycles. The fraction of sp³-hybridized carbons (Fsp3) is 0.385. The van der Waals surface area contributed by atoms with Gasteiger partial charge in [-0.05, 0) is 30.2 Å². The first kappa shape index (κ1) is 16.7. The van der Waals surface area contributed by atoms with E-state index in [2.05, 4.69) is 15.4 Å². The van der Waals surface area contributed by atoms with E-state index in [1.165, 1.54) is 24.3 Å². The number of halogens is 2. The van der Waals surface area contributed by atoms with Crippen LogP contribution in [0.2, 0.25) is 0 Å². The number of aliphatic carboxylic acids is 1. The van der Waals surface area contributed by atoms with E-state index >= 15 is 0 Å². The molecule has 0 aliphatic carbocycles. The van der Waals surface area contributed by atoms with Gasteiger partial charge in [0.1, 0.15) is 11.8 Å². The van der Waals surface area contributed by atoms with Crippen molar-refractivity contribution >= 4 is 17.7 Å². The van der Waals surface area contributed by atoms with Crippen LogP contribution in [-0.4, -0.2) is 29.8 Å². The molecule has 8 heteroatoms. The predicted octanol–water partition coefficient (Wildman–Crippen LogP) is 2.52. The molecule has 0 aliphatic rings. The van der Waals surface area contributed by atoms with Gasteiger partial charge in [0.25, 0.3) is 0 Å². The van der Waals surface area contributed by atoms with Gasteiger partial charge in [0, 0.05) is 5.69 Å². The molecule has 0 heterocycles. The van der Waals surface area contributed by atoms with E-state index in [-0.39, 0.29) is 11.7 Å². The molecule has 0 bridgehead atoms. The van der Waals surface area contributed by atoms with Crippen molar-refractivity contribution in [2.75, 3.05) is 5.32 Å². The van der Waals surface area contributed by atoms with Crippen LogP contribution in [-0.2, 0) is 4.79 Å². The van der Waals surface area contributed by atoms with Crippen LogP contribution in [0.25, 0.3) is 0 Å². The highest BCUT2D eigenvalue weighted by Crippen LogP contribution is 2.17. The van der Waals surface area contributed by atoms with Crippen LogP contribution >= 0.6 is 0 Å². The summed E-state index contributed by atoms with van der Waals surface area (Å²) in [5, 5.41) is 13.7. The number of alkyl halides is 2. The SMILES string of the molecule is CC(C)C(NC(=O)Nc1ccc(OC(F)F)cc1)C(=O)O. The molecule has 1 rings (SSSR count). The van der Waals surface area contributed by atoms with E-state index in [0.717, 1.165) is 0 Å². The number of urea groups is 1. The summed E-state index contributed by atoms with van der Waals surface area (Å²) in [4.78, 5) is 22.6. The maximum absolute atomic E-state index is 12.0. The van der Waals surface area contributed by atoms with Crippen molar-refractivity contribution in [2.45, 2.75) is 26.5 Å². The Balaban J connectivity index is 2.60. The first-order valence-corrected chi connectivity index (χ1v) is 6.14. The lowest BCUT2D eigenvalue weighted by atomic mass is 10.1. The molecule has 0 radical (unpaired) electrons. The third-order valence-corrected chi connectivity index (χ3v) is 2.56. The molecule has 21 heavy (non-hydrogen) atoms. The maximum Gasteiger partial charge on any atom is 0.387 e. The number of rotatable bonds is 6. The number of benzene rings is 1. The molecule has 1 unspecified atom stereocenters. The van der Waals surface area contributed by atoms with E-state index in [1.54, 1.807) is 13.8 Å². The van der Waals surface area contributed by atoms with Gasteiger partial charge in [-0.1, -0.05) is 13.8 Å². The number of nitrogens with one attached hydrogen (secondary N) is 2. The summed E-state index contributed by atoms with van der Waals surface area (Å²) in [7, 11) is 0. The number of hydrogen-bond donors (Lipinski definition) is 3. The number of hydrogen-bond acceptors (Lipinski definition) is 3. The molecule has 0 aromatic heterocycles. The zero-order chi connectivity index (χ0) is 16.0. The van der Waals surface area contributed by atoms with Crippen LogP contribution in [0.15, 0.2) is 24.3 Å². The first-order valence-electron chi connectivity index (χ1n) is 6.14. The van der Waals surface area contributed by atoms with Crippen LogP contribution in [0.3, 0.4) is 0 Å². The number of carbonyl (C=O) groups excluding carboxylic acids is 1. The molecule has 1 atom stereocenters. The molecule has 1 aromatic rings. The Labute approximate surface area is 120 Å². The van der Waals surface area contributed by atoms with Gasteiger partial charge < -0.3 is 20.5 Å². The molecule has 2 amide bonds. The third kappa shape index (κ3) is 5.64. The van der Waals surface area contributed by atoms with Crippen molar-refractivity contribution in [1.82, 2.24) is 5.32 Å². The molecule has 1 aromatic carbocycles. The van der Waals surface area contributed by atoms with E-state index < -0.39 is 24.7 Å². The minimum atomic E-state index is -2.92. The summed E-state index contributed by atoms with van der Waals surface area (Å²) in [5.41, 5.74) is 0.321. The Morgan fingerprint density at radius 1 is 1.19 bits per heavy atom. The monoisotopic (exact) mass is 302 g/mol. The lowest BCUT2D eigenvalue weighted by molar-refractivity contribution is -0.140. The van der Waals surface area contributed by atoms with E-state index in [0.29, 0.717) is 5.69 Å². The molecule has 0 saturated carbocycles. The number of carboxylic acids is 1. The fourth-order valence-electron chi connectivity index (χ4n) is 1.54. The smallest absolute Gasteiger partial charge is 0.387 e. The van der Waals surface area contributed by atoms with Crippen molar-refractivity contribution in [2.24, 2.45) is 5.92 Å². The van der Waals surface area contributed by atoms with Crippen molar-refractivity contribution in [3.8, 4) is 5.75 Å². The molecule has 0 saturated heterocycles. The van der Waals surface area contributed by atoms with Crippen LogP contribution in [0.1, 0.15) is 13.8 Å². The molecule has 116 valence electrons. The number of amides is 2. The van der Waals surface area contributed by atoms with E-state index in [4.69, 9.17) is 5.11 Å². The topological polar surface area (TPSA) is 87.7 Å². The summed E-state index contributed by atoms with van der Waals surface area (Å²) >= 11 is 0. The summed E-state index contributed by atoms with van der Waals surface area (Å²) < 4.78 is 28.1. The average molecular weight is 302 g/mol. The third-order valence-electron chi connectivity index (χ3n) is 2.56. The molecule has 6 nitrogen and oxygen atoms in total. The van der Waals surface area contributed by atoms with Gasteiger partial charge in [-0.25, -0.2) is 9.59 Å². The first-order chi connectivity index (χ1) is 9.79. The zero-order valence-corrected chi connectivity index (χ0v) is 11.5. The average Bonchev–Trinajstić information content (AvgIpc) is 2.37. The summed E-state index contributed by atoms with van der Waals surface area (Å²) in [5.74, 6) is -1.46. The van der Waals surface area contributed by atoms with Crippen LogP contribution in [0.4, 0.5) is 19.3 Å². The number of anilines is 1. The highest BCUT2D eigenvalue weighted by atomic mass is 19.3. The summed E-state index contributed by atoms with van der Waals surface area (Å²) in [6.45, 7) is 0.403. The van der Waals surface area contributed by atoms with Gasteiger partial charge in [-0.3, -0.25) is 0 Å². The normalized spacial score (nSPS) is 12.1. The standard InChI is InChI=1S/C13H16F2N2O4/c1-7(2)10(11(18)19)17-13(20)16-8-3-5-9(6-4-8)21-12(14)15/h3-7,10,12H,1-2H3,(H,18,19)(H2,16,17,20). The highest BCUT2D eigenvalue weighted by Gasteiger charge is 2.23. The Hall–Kier alpha value is -2.38. The Bertz CT molecular complexity index is 491. The lowest BCUT2D eigenvalue weighted by Gasteiger charge is -2.18. The van der Waals surface area contributed by atoms with Gasteiger partial charge in [-0.2, -0.15) is 8.78 Å². The second kappa shape index (κ2) is 7.41. The van der Waals surface area contributed by atoms with Gasteiger partial charge in [-0.15, -0.1) is 0 Å². The predicted molar refractivity (Wildman–Crippen MR) is 71.5 cm³/mol. The van der Waals surface area contributed by atoms with Crippen LogP contribution in [0.5, 0.6) is 5.75 Å². The van der Waals surface area contributed by atoms with Gasteiger partial charge in [0.2, 0.25) is 0 Å². The largest absolute Gasteiger partial charge is 0.480 e. The molecule has 0 fully saturated rings. The lowest BCUT2D eigenvalue weighted by Crippen LogP contribution is -2.46. The molecular formula is C13H16F2N2O4. The van der Waals surface area contributed by atoms with Crippen LogP contribution < -0.4 is 15.4 Å². The second-order valence-corrected chi connectivity index (χ2v) is 4.56.